The number of aromatic nitrogens is 4. The maximum atomic E-state index is 11.3. The Morgan fingerprint density at radius 3 is 3.20 bits per heavy atom. The summed E-state index contributed by atoms with van der Waals surface area (Å²) < 4.78 is 23.5. The number of hydrogen-bond donors (Lipinski definition) is 2. The second-order valence-electron chi connectivity index (χ2n) is 4.51. The van der Waals surface area contributed by atoms with Crippen LogP contribution in [0.4, 0.5) is 5.95 Å². The monoisotopic (exact) mass is 299 g/mol. The van der Waals surface area contributed by atoms with E-state index in [-0.39, 0.29) is 31.6 Å². The molecular weight excluding hydrogens is 285 g/mol. The minimum absolute atomic E-state index is 0.109. The first-order valence-corrected chi connectivity index (χ1v) is 7.81. The van der Waals surface area contributed by atoms with Gasteiger partial charge in [-0.15, -0.1) is 0 Å². The molecule has 2 aromatic heterocycles. The van der Waals surface area contributed by atoms with Crippen molar-refractivity contribution < 1.29 is 18.7 Å². The van der Waals surface area contributed by atoms with Crippen molar-refractivity contribution in [1.29, 1.82) is 0 Å². The van der Waals surface area contributed by atoms with Crippen LogP contribution in [-0.2, 0) is 20.6 Å². The Kier molecular flexibility index (Phi) is 3.43. The molecule has 3 N–H and O–H groups in total. The number of ether oxygens (including phenoxy) is 1. The van der Waals surface area contributed by atoms with Gasteiger partial charge in [-0.1, -0.05) is 0 Å². The fraction of sp³-hybridized carbons (Fsp3) is 0.500. The van der Waals surface area contributed by atoms with Crippen LogP contribution in [0.2, 0.25) is 0 Å². The molecule has 1 aliphatic heterocycles. The highest BCUT2D eigenvalue weighted by atomic mass is 31.2. The van der Waals surface area contributed by atoms with Gasteiger partial charge < -0.3 is 19.9 Å². The minimum atomic E-state index is -3.39. The second kappa shape index (κ2) is 5.10. The highest BCUT2D eigenvalue weighted by Crippen LogP contribution is 2.46. The first-order chi connectivity index (χ1) is 9.53. The molecule has 3 rings (SSSR count). The zero-order valence-electron chi connectivity index (χ0n) is 10.5. The van der Waals surface area contributed by atoms with Crippen LogP contribution in [-0.4, -0.2) is 43.3 Å². The molecule has 0 aliphatic carbocycles. The lowest BCUT2D eigenvalue weighted by Crippen LogP contribution is -2.26. The minimum Gasteiger partial charge on any atom is -0.368 e. The molecule has 1 fully saturated rings. The van der Waals surface area contributed by atoms with Gasteiger partial charge in [0.25, 0.3) is 0 Å². The van der Waals surface area contributed by atoms with Gasteiger partial charge in [-0.3, -0.25) is 9.13 Å². The van der Waals surface area contributed by atoms with Crippen LogP contribution < -0.4 is 5.73 Å². The van der Waals surface area contributed by atoms with Crippen LogP contribution in [0.25, 0.3) is 11.2 Å². The molecule has 10 heteroatoms. The highest BCUT2D eigenvalue weighted by Gasteiger charge is 2.29. The molecule has 9 nitrogen and oxygen atoms in total. The number of hydrogen-bond acceptors (Lipinski definition) is 7. The number of imidazole rings is 1. The van der Waals surface area contributed by atoms with Gasteiger partial charge in [0, 0.05) is 0 Å². The summed E-state index contributed by atoms with van der Waals surface area (Å²) in [6, 6.07) is 0. The normalized spacial score (nSPS) is 26.9. The van der Waals surface area contributed by atoms with Gasteiger partial charge in [0.2, 0.25) is 5.95 Å². The van der Waals surface area contributed by atoms with E-state index >= 15 is 0 Å². The van der Waals surface area contributed by atoms with Gasteiger partial charge in [0.15, 0.2) is 5.65 Å². The summed E-state index contributed by atoms with van der Waals surface area (Å²) in [5, 5.41) is 0. The molecular formula is C10H14N5O4P. The van der Waals surface area contributed by atoms with E-state index in [4.69, 9.17) is 15.0 Å². The zero-order valence-corrected chi connectivity index (χ0v) is 11.4. The van der Waals surface area contributed by atoms with E-state index in [1.165, 1.54) is 0 Å². The molecule has 108 valence electrons. The Hall–Kier alpha value is -1.54. The van der Waals surface area contributed by atoms with Crippen molar-refractivity contribution in [3.63, 3.8) is 0 Å². The molecule has 2 aromatic rings. The quantitative estimate of drug-likeness (QED) is 0.778. The van der Waals surface area contributed by atoms with Crippen molar-refractivity contribution in [2.24, 2.45) is 0 Å². The van der Waals surface area contributed by atoms with Gasteiger partial charge >= 0.3 is 7.60 Å². The highest BCUT2D eigenvalue weighted by molar-refractivity contribution is 7.52. The van der Waals surface area contributed by atoms with Gasteiger partial charge in [0.05, 0.1) is 31.4 Å². The third-order valence-electron chi connectivity index (χ3n) is 3.02. The van der Waals surface area contributed by atoms with Crippen molar-refractivity contribution >= 4 is 24.7 Å². The van der Waals surface area contributed by atoms with E-state index in [0.717, 1.165) is 0 Å². The summed E-state index contributed by atoms with van der Waals surface area (Å²) in [5.41, 5.74) is 6.75. The summed E-state index contributed by atoms with van der Waals surface area (Å²) in [6.07, 6.45) is 3.50. The average molecular weight is 299 g/mol. The second-order valence-corrected chi connectivity index (χ2v) is 6.50. The lowest BCUT2D eigenvalue weighted by Gasteiger charge is -2.25. The first kappa shape index (κ1) is 13.4. The van der Waals surface area contributed by atoms with Crippen molar-refractivity contribution in [2.75, 3.05) is 18.5 Å². The van der Waals surface area contributed by atoms with Crippen molar-refractivity contribution in [3.05, 3.63) is 12.5 Å². The standard InChI is InChI=1S/C10H14N5O4P/c11-10-12-3-8-9(14-10)15(5-13-8)6-18-7-1-2-20(16,17)19-4-7/h3,5,7H,1-2,4,6H2,(H,16,17)(H2,11,12,14)/t7-/m0/s1. The first-order valence-electron chi connectivity index (χ1n) is 6.05. The lowest BCUT2D eigenvalue weighted by atomic mass is 10.3. The lowest BCUT2D eigenvalue weighted by molar-refractivity contribution is -0.0281. The molecule has 0 radical (unpaired) electrons. The van der Waals surface area contributed by atoms with E-state index in [9.17, 15) is 9.46 Å². The number of rotatable bonds is 3. The number of nitrogen functional groups attached to an aromatic ring is 1. The Morgan fingerprint density at radius 1 is 1.60 bits per heavy atom. The molecule has 1 unspecified atom stereocenters. The predicted molar refractivity (Wildman–Crippen MR) is 69.9 cm³/mol. The average Bonchev–Trinajstić information content (AvgIpc) is 2.80. The number of fused-ring (bicyclic) bond motifs is 1. The molecule has 2 atom stereocenters. The van der Waals surface area contributed by atoms with Crippen LogP contribution in [0.15, 0.2) is 12.5 Å². The Morgan fingerprint density at radius 2 is 2.45 bits per heavy atom. The molecule has 0 saturated carbocycles. The summed E-state index contributed by atoms with van der Waals surface area (Å²) in [5.74, 6) is 0.168. The molecule has 20 heavy (non-hydrogen) atoms. The smallest absolute Gasteiger partial charge is 0.328 e. The van der Waals surface area contributed by atoms with Crippen LogP contribution in [0, 0.1) is 0 Å². The molecule has 0 bridgehead atoms. The largest absolute Gasteiger partial charge is 0.368 e. The number of nitrogens with two attached hydrogens (primary N) is 1. The van der Waals surface area contributed by atoms with Gasteiger partial charge in [-0.25, -0.2) is 9.97 Å². The topological polar surface area (TPSA) is 125 Å². The van der Waals surface area contributed by atoms with E-state index in [0.29, 0.717) is 17.6 Å². The SMILES string of the molecule is Nc1ncc2ncn(CO[C@H]3CCP(=O)(O)OC3)c2n1. The molecule has 3 heterocycles. The van der Waals surface area contributed by atoms with E-state index in [1.807, 2.05) is 0 Å². The summed E-state index contributed by atoms with van der Waals surface area (Å²) in [4.78, 5) is 21.3. The van der Waals surface area contributed by atoms with E-state index < -0.39 is 7.60 Å². The maximum Gasteiger partial charge on any atom is 0.328 e. The van der Waals surface area contributed by atoms with Gasteiger partial charge in [-0.2, -0.15) is 4.98 Å². The Balaban J connectivity index is 1.66. The van der Waals surface area contributed by atoms with Gasteiger partial charge in [-0.05, 0) is 6.42 Å². The predicted octanol–water partition coefficient (Wildman–Crippen LogP) is 0.357. The molecule has 0 spiro atoms. The summed E-state index contributed by atoms with van der Waals surface area (Å²) in [7, 11) is -3.39. The van der Waals surface area contributed by atoms with Crippen molar-refractivity contribution in [3.8, 4) is 0 Å². The van der Waals surface area contributed by atoms with E-state index in [2.05, 4.69) is 15.0 Å². The molecule has 1 aliphatic rings. The van der Waals surface area contributed by atoms with E-state index in [1.54, 1.807) is 17.1 Å². The Bertz CT molecular complexity index is 663. The third kappa shape index (κ3) is 2.80. The fourth-order valence-corrected chi connectivity index (χ4v) is 3.08. The summed E-state index contributed by atoms with van der Waals surface area (Å²) in [6.45, 7) is 0.328. The van der Waals surface area contributed by atoms with Crippen LogP contribution >= 0.6 is 7.60 Å². The van der Waals surface area contributed by atoms with Crippen molar-refractivity contribution in [1.82, 2.24) is 19.5 Å². The number of nitrogens with zero attached hydrogens (tertiary/aromatic N) is 4. The van der Waals surface area contributed by atoms with Crippen LogP contribution in [0.3, 0.4) is 0 Å². The Labute approximate surface area is 114 Å². The fourth-order valence-electron chi connectivity index (χ4n) is 1.93. The van der Waals surface area contributed by atoms with Crippen LogP contribution in [0.1, 0.15) is 6.42 Å². The third-order valence-corrected chi connectivity index (χ3v) is 4.40. The van der Waals surface area contributed by atoms with Gasteiger partial charge in [0.1, 0.15) is 12.2 Å². The molecule has 0 amide bonds. The zero-order chi connectivity index (χ0) is 14.2. The maximum absolute atomic E-state index is 11.3. The molecule has 1 saturated heterocycles. The van der Waals surface area contributed by atoms with Crippen molar-refractivity contribution in [2.45, 2.75) is 19.3 Å². The molecule has 0 aromatic carbocycles. The number of anilines is 1. The summed E-state index contributed by atoms with van der Waals surface area (Å²) >= 11 is 0. The van der Waals surface area contributed by atoms with Crippen LogP contribution in [0.5, 0.6) is 0 Å².